The van der Waals surface area contributed by atoms with Crippen LogP contribution >= 0.6 is 0 Å². The molecule has 1 fully saturated rings. The van der Waals surface area contributed by atoms with Crippen molar-refractivity contribution in [3.63, 3.8) is 0 Å². The molecule has 324 valence electrons. The number of aliphatic carboxylic acids is 2. The molecule has 0 aromatic rings. The van der Waals surface area contributed by atoms with Gasteiger partial charge in [0, 0.05) is 6.54 Å². The Hall–Kier alpha value is -5.01. The van der Waals surface area contributed by atoms with Gasteiger partial charge in [0.15, 0.2) is 0 Å². The minimum Gasteiger partial charge on any atom is -0.481 e. The number of nitrogens with one attached hydrogen (secondary N) is 6. The maximum atomic E-state index is 13.8. The first kappa shape index (κ1) is 50.0. The molecule has 1 saturated heterocycles. The Labute approximate surface area is 334 Å². The number of guanidine groups is 1. The Balaban J connectivity index is 3.21. The minimum absolute atomic E-state index is 0.0327. The van der Waals surface area contributed by atoms with Crippen LogP contribution in [0.25, 0.3) is 0 Å². The third kappa shape index (κ3) is 17.3. The van der Waals surface area contributed by atoms with Gasteiger partial charge in [-0.2, -0.15) is 0 Å². The fourth-order valence-electron chi connectivity index (χ4n) is 6.31. The number of nitrogens with two attached hydrogens (primary N) is 3. The molecular weight excluding hydrogens is 744 g/mol. The zero-order chi connectivity index (χ0) is 43.7. The normalized spacial score (nSPS) is 17.2. The molecule has 20 heteroatoms. The lowest BCUT2D eigenvalue weighted by Crippen LogP contribution is -2.78. The van der Waals surface area contributed by atoms with Gasteiger partial charge in [0.1, 0.15) is 36.3 Å². The molecule has 1 rings (SSSR count). The number of amides is 6. The highest BCUT2D eigenvalue weighted by Gasteiger charge is 2.41. The molecule has 0 bridgehead atoms. The highest BCUT2D eigenvalue weighted by molar-refractivity contribution is 5.98. The van der Waals surface area contributed by atoms with E-state index >= 15 is 0 Å². The van der Waals surface area contributed by atoms with Crippen LogP contribution in [-0.4, -0.2) is 124 Å². The second-order valence-electron chi connectivity index (χ2n) is 16.2. The van der Waals surface area contributed by atoms with E-state index in [-0.39, 0.29) is 50.0 Å². The van der Waals surface area contributed by atoms with Gasteiger partial charge in [0.25, 0.3) is 0 Å². The summed E-state index contributed by atoms with van der Waals surface area (Å²) in [6.45, 7) is 14.4. The topological polar surface area (TPSA) is 332 Å². The fourth-order valence-corrected chi connectivity index (χ4v) is 6.31. The third-order valence-corrected chi connectivity index (χ3v) is 9.35. The van der Waals surface area contributed by atoms with Crippen LogP contribution in [0, 0.1) is 23.7 Å². The Kier molecular flexibility index (Phi) is 21.0. The van der Waals surface area contributed by atoms with Crippen molar-refractivity contribution in [2.24, 2.45) is 40.9 Å². The lowest BCUT2D eigenvalue weighted by atomic mass is 9.98. The summed E-state index contributed by atoms with van der Waals surface area (Å²) in [7, 11) is 0. The second kappa shape index (κ2) is 23.9. The van der Waals surface area contributed by atoms with Gasteiger partial charge in [-0.15, -0.1) is 0 Å². The van der Waals surface area contributed by atoms with Gasteiger partial charge < -0.3 is 47.4 Å². The number of carboxylic acid groups (broad SMARTS) is 2. The summed E-state index contributed by atoms with van der Waals surface area (Å²) in [5.74, 6) is -8.14. The lowest BCUT2D eigenvalue weighted by Gasteiger charge is -2.32. The molecule has 6 amide bonds. The van der Waals surface area contributed by atoms with Gasteiger partial charge in [0.05, 0.1) is 19.0 Å². The van der Waals surface area contributed by atoms with E-state index in [2.05, 4.69) is 31.6 Å². The summed E-state index contributed by atoms with van der Waals surface area (Å²) in [5.41, 5.74) is 16.8. The molecule has 0 aromatic heterocycles. The number of nitrogens with zero attached hydrogens (tertiary/aromatic N) is 1. The maximum absolute atomic E-state index is 13.8. The Bertz CT molecular complexity index is 1450. The molecule has 0 aliphatic carbocycles. The average Bonchev–Trinajstić information content (AvgIpc) is 3.59. The summed E-state index contributed by atoms with van der Waals surface area (Å²) in [6.07, 6.45) is 0.715. The van der Waals surface area contributed by atoms with E-state index < -0.39 is 108 Å². The summed E-state index contributed by atoms with van der Waals surface area (Å²) >= 11 is 0. The first-order valence-corrected chi connectivity index (χ1v) is 19.6. The predicted octanol–water partition coefficient (Wildman–Crippen LogP) is -3.17. The molecule has 14 N–H and O–H groups in total. The molecule has 0 aromatic carbocycles. The second-order valence-corrected chi connectivity index (χ2v) is 16.2. The van der Waals surface area contributed by atoms with Crippen molar-refractivity contribution in [1.29, 1.82) is 0 Å². The van der Waals surface area contributed by atoms with Crippen LogP contribution in [0.4, 0.5) is 0 Å². The Morgan fingerprint density at radius 2 is 1.19 bits per heavy atom. The monoisotopic (exact) mass is 812 g/mol. The molecule has 0 saturated carbocycles. The molecule has 0 radical (unpaired) electrons. The number of likely N-dealkylation sites (tertiary alicyclic amines) is 1. The van der Waals surface area contributed by atoms with Crippen LogP contribution in [0.1, 0.15) is 100 Å². The number of hydrogen-bond donors (Lipinski definition) is 11. The van der Waals surface area contributed by atoms with Crippen molar-refractivity contribution in [1.82, 2.24) is 31.5 Å². The standard InChI is InChI=1S/C37H66N10O10/c1-18(2)15-23(31(51)43-24(16-19(3)4)33(53)46-29(21(7)8)36(56)57)42-32(52)25(17-27(48)49)44-34(54)26-12-10-14-47(26)35(55)28(20(5)6)45-30(50)22(38)11-9-13-41-37(39)40/h18-26,28-29H,9-17,38H2,1-8H3,(H,42,52)(H,43,51)(H,44,54)(H,45,50)(H,46,53)(H,48,49)(H,56,57)(H4,39,40,41)/p+1/t22-,23-,24-,25-,26-,28-,29-/m0/s1. The summed E-state index contributed by atoms with van der Waals surface area (Å²) < 4.78 is 0. The molecule has 7 atom stereocenters. The third-order valence-electron chi connectivity index (χ3n) is 9.35. The fraction of sp³-hybridized carbons (Fsp3) is 0.757. The lowest BCUT2D eigenvalue weighted by molar-refractivity contribution is -0.459. The number of carbonyl (C=O) groups is 8. The summed E-state index contributed by atoms with van der Waals surface area (Å²) in [6, 6.07) is -8.38. The van der Waals surface area contributed by atoms with Crippen molar-refractivity contribution < 1.29 is 53.6 Å². The molecule has 57 heavy (non-hydrogen) atoms. The van der Waals surface area contributed by atoms with Gasteiger partial charge in [-0.25, -0.2) is 4.79 Å². The van der Waals surface area contributed by atoms with Crippen molar-refractivity contribution >= 4 is 53.3 Å². The number of carboxylic acids is 2. The molecule has 0 spiro atoms. The zero-order valence-corrected chi connectivity index (χ0v) is 34.6. The van der Waals surface area contributed by atoms with Crippen LogP contribution in [0.3, 0.4) is 0 Å². The first-order chi connectivity index (χ1) is 26.5. The van der Waals surface area contributed by atoms with E-state index in [0.29, 0.717) is 19.4 Å². The van der Waals surface area contributed by atoms with Crippen LogP contribution < -0.4 is 48.8 Å². The Morgan fingerprint density at radius 1 is 0.702 bits per heavy atom. The van der Waals surface area contributed by atoms with E-state index in [4.69, 9.17) is 17.2 Å². The number of hydrogen-bond acceptors (Lipinski definition) is 9. The zero-order valence-electron chi connectivity index (χ0n) is 34.6. The molecular formula is C37H67N10O10+. The van der Waals surface area contributed by atoms with E-state index in [1.165, 1.54) is 4.90 Å². The van der Waals surface area contributed by atoms with Crippen molar-refractivity contribution in [2.45, 2.75) is 143 Å². The van der Waals surface area contributed by atoms with Gasteiger partial charge in [-0.1, -0.05) is 55.4 Å². The maximum Gasteiger partial charge on any atom is 0.338 e. The van der Waals surface area contributed by atoms with E-state index in [1.807, 2.05) is 13.8 Å². The van der Waals surface area contributed by atoms with Gasteiger partial charge >= 0.3 is 17.9 Å². The van der Waals surface area contributed by atoms with Crippen LogP contribution in [-0.2, 0) is 38.4 Å². The molecule has 1 aliphatic rings. The number of carbonyl (C=O) groups excluding carboxylic acids is 6. The Morgan fingerprint density at radius 3 is 1.65 bits per heavy atom. The van der Waals surface area contributed by atoms with Crippen LogP contribution in [0.2, 0.25) is 0 Å². The molecule has 20 nitrogen and oxygen atoms in total. The van der Waals surface area contributed by atoms with E-state index in [1.54, 1.807) is 41.5 Å². The van der Waals surface area contributed by atoms with Crippen molar-refractivity contribution in [3.8, 4) is 0 Å². The van der Waals surface area contributed by atoms with Crippen LogP contribution in [0.5, 0.6) is 0 Å². The van der Waals surface area contributed by atoms with Crippen molar-refractivity contribution in [3.05, 3.63) is 0 Å². The largest absolute Gasteiger partial charge is 0.481 e. The van der Waals surface area contributed by atoms with Gasteiger partial charge in [-0.3, -0.25) is 50.0 Å². The average molecular weight is 812 g/mol. The first-order valence-electron chi connectivity index (χ1n) is 19.6. The predicted molar refractivity (Wildman–Crippen MR) is 209 cm³/mol. The minimum atomic E-state index is -1.66. The van der Waals surface area contributed by atoms with Crippen molar-refractivity contribution in [2.75, 3.05) is 13.1 Å². The highest BCUT2D eigenvalue weighted by atomic mass is 16.4. The summed E-state index contributed by atoms with van der Waals surface area (Å²) in [5, 5.41) is 32.0. The SMILES string of the molecule is CC(C)C[C@H](NC(=O)[C@H](CC(=O)O)NC(=O)[C@@H]1CCCN1C(=O)[C@@H](NC(=O)[C@@H](N)CCC[NH+]=C(N)N)C(C)C)C(=O)N[C@@H](CC(C)C)C(=O)N[C@H](C(=O)O)C(C)C. The summed E-state index contributed by atoms with van der Waals surface area (Å²) in [4.78, 5) is 109. The molecule has 1 heterocycles. The van der Waals surface area contributed by atoms with Gasteiger partial charge in [-0.05, 0) is 62.2 Å². The molecule has 0 unspecified atom stereocenters. The number of rotatable bonds is 24. The van der Waals surface area contributed by atoms with Crippen LogP contribution in [0.15, 0.2) is 0 Å². The molecule has 1 aliphatic heterocycles. The van der Waals surface area contributed by atoms with E-state index in [0.717, 1.165) is 0 Å². The van der Waals surface area contributed by atoms with Gasteiger partial charge in [0.2, 0.25) is 35.4 Å². The van der Waals surface area contributed by atoms with E-state index in [9.17, 15) is 48.6 Å². The quantitative estimate of drug-likeness (QED) is 0.0261. The highest BCUT2D eigenvalue weighted by Crippen LogP contribution is 2.21. The smallest absolute Gasteiger partial charge is 0.338 e.